The Labute approximate surface area is 725 Å². The van der Waals surface area contributed by atoms with E-state index in [1.165, 1.54) is 138 Å². The van der Waals surface area contributed by atoms with Crippen molar-refractivity contribution >= 4 is 127 Å². The van der Waals surface area contributed by atoms with Gasteiger partial charge in [-0.3, -0.25) is 38.4 Å². The molecular weight excluding hydrogens is 1820 g/mol. The maximum absolute atomic E-state index is 13.3. The first-order valence-corrected chi connectivity index (χ1v) is 37.8. The zero-order valence-electron chi connectivity index (χ0n) is 65.5. The molecule has 8 aromatic carbocycles. The zero-order valence-corrected chi connectivity index (χ0v) is 68.4. The molecule has 0 radical (unpaired) electrons. The Balaban J connectivity index is 0.000000191. The Morgan fingerprint density at radius 3 is 0.968 bits per heavy atom. The van der Waals surface area contributed by atoms with Gasteiger partial charge in [-0.1, -0.05) is 54.1 Å². The second-order valence-electron chi connectivity index (χ2n) is 26.1. The Kier molecular flexibility index (Phi) is 33.1. The summed E-state index contributed by atoms with van der Waals surface area (Å²) >= 11 is 8.00. The highest BCUT2D eigenvalue weighted by Crippen LogP contribution is 2.39. The summed E-state index contributed by atoms with van der Waals surface area (Å²) in [5, 5.41) is 20.6. The van der Waals surface area contributed by atoms with Crippen LogP contribution in [0.3, 0.4) is 0 Å². The van der Waals surface area contributed by atoms with Gasteiger partial charge in [0.15, 0.2) is 0 Å². The van der Waals surface area contributed by atoms with Crippen molar-refractivity contribution in [1.82, 2.24) is 39.9 Å². The summed E-state index contributed by atoms with van der Waals surface area (Å²) in [4.78, 5) is 125. The van der Waals surface area contributed by atoms with Crippen LogP contribution in [0.1, 0.15) is 72.2 Å². The molecule has 0 saturated heterocycles. The Morgan fingerprint density at radius 1 is 0.310 bits per heavy atom. The largest absolute Gasteiger partial charge is 0.439 e. The molecule has 0 atom stereocenters. The summed E-state index contributed by atoms with van der Waals surface area (Å²) in [5.41, 5.74) is -2.59. The number of rotatable bonds is 24. The molecular formula is C84H66ClF12IN16O12. The van der Waals surface area contributed by atoms with Crippen LogP contribution in [0.25, 0.3) is 0 Å². The molecule has 4 aromatic heterocycles. The van der Waals surface area contributed by atoms with Gasteiger partial charge >= 0.3 is 24.7 Å². The minimum atomic E-state index is -5.07. The van der Waals surface area contributed by atoms with Crippen LogP contribution in [0.15, 0.2) is 232 Å². The van der Waals surface area contributed by atoms with Crippen molar-refractivity contribution in [2.45, 2.75) is 78.1 Å². The fraction of sp³-hybridized carbons (Fsp3) is 0.143. The van der Waals surface area contributed by atoms with E-state index in [0.717, 1.165) is 39.5 Å². The highest BCUT2D eigenvalue weighted by Gasteiger charge is 2.39. The van der Waals surface area contributed by atoms with Crippen LogP contribution in [-0.4, -0.2) is 87.1 Å². The molecule has 0 fully saturated rings. The van der Waals surface area contributed by atoms with Gasteiger partial charge in [-0.15, -0.1) is 0 Å². The highest BCUT2D eigenvalue weighted by molar-refractivity contribution is 14.1. The molecule has 652 valence electrons. The van der Waals surface area contributed by atoms with Gasteiger partial charge in [-0.25, -0.2) is 39.9 Å². The third-order valence-electron chi connectivity index (χ3n) is 16.0. The molecule has 12 aromatic rings. The molecule has 0 spiro atoms. The topological polar surface area (TPSA) is 373 Å². The normalized spacial score (nSPS) is 11.0. The number of alkyl halides is 12. The van der Waals surface area contributed by atoms with Crippen LogP contribution in [-0.2, 0) is 88.7 Å². The third-order valence-corrected chi connectivity index (χ3v) is 17.3. The number of carbonyl (C=O) groups is 8. The molecule has 4 heterocycles. The number of ether oxygens (including phenoxy) is 4. The summed E-state index contributed by atoms with van der Waals surface area (Å²) in [5.74, 6) is 0.380. The number of nitrogens with zero attached hydrogens (tertiary/aromatic N) is 8. The maximum atomic E-state index is 13.3. The maximum Gasteiger partial charge on any atom is 0.416 e. The Hall–Kier alpha value is -14.8. The molecule has 126 heavy (non-hydrogen) atoms. The van der Waals surface area contributed by atoms with Crippen LogP contribution < -0.4 is 61.5 Å². The first-order valence-electron chi connectivity index (χ1n) is 36.3. The standard InChI is InChI=1S/C22H16F6N4O3.C21H16ClF3N4O3.C21H17F3N4O3.C20H17IN4O3/c1-12(33)31-18-10-20(30-11-29-18)35-16-6-4-15(5-7-16)32-19(34)8-13-2-3-14(21(23,24)25)9-17(13)22(26,27)28;1-12(30)28-18-10-20(27-11-26-18)32-16-5-3-15(4-6-16)29-19(31)9-13-8-14(22)2-7-17(13)21(23,24)25;1-13(29)27-18-11-20(26-12-25-18)31-17-7-5-16(6-8-17)28-19(30)10-14-3-2-4-15(9-14)21(22,23)24;1-13(26)24-18-11-20(23-12-22-18)28-16-8-6-15(7-9-16)25-19(27)10-14-4-2-3-5-17(14)21/h2-7,9-11H,8H2,1H3,(H,32,34)(H,29,30,31,33);2-8,10-11H,9H2,1H3,(H,29,31)(H,26,27,28,30);2-9,11-12H,10H2,1H3,(H,28,30)(H,25,26,27,29);2-9,11-12H,10H2,1H3,(H,25,27)(H,22,23,24,26). The van der Waals surface area contributed by atoms with Gasteiger partial charge in [0.05, 0.1) is 47.9 Å². The summed E-state index contributed by atoms with van der Waals surface area (Å²) in [6.07, 6.45) is -15.3. The third kappa shape index (κ3) is 31.9. The molecule has 0 aliphatic carbocycles. The monoisotopic (exact) mass is 1880 g/mol. The average molecular weight is 1880 g/mol. The fourth-order valence-corrected chi connectivity index (χ4v) is 11.4. The van der Waals surface area contributed by atoms with E-state index in [-0.39, 0.29) is 105 Å². The highest BCUT2D eigenvalue weighted by atomic mass is 127. The Bertz CT molecular complexity index is 5870. The van der Waals surface area contributed by atoms with Crippen LogP contribution in [0.4, 0.5) is 98.7 Å². The van der Waals surface area contributed by atoms with Crippen LogP contribution >= 0.6 is 34.2 Å². The second-order valence-corrected chi connectivity index (χ2v) is 27.7. The SMILES string of the molecule is CC(=O)Nc1cc(Oc2ccc(NC(=O)Cc3cc(Cl)ccc3C(F)(F)F)cc2)ncn1.CC(=O)Nc1cc(Oc2ccc(NC(=O)Cc3ccc(C(F)(F)F)cc3C(F)(F)F)cc2)ncn1.CC(=O)Nc1cc(Oc2ccc(NC(=O)Cc3cccc(C(F)(F)F)c3)cc2)ncn1.CC(=O)Nc1cc(Oc2ccc(NC(=O)Cc3ccccc3I)cc2)ncn1. The number of carbonyl (C=O) groups excluding carboxylic acids is 8. The number of hydrogen-bond donors (Lipinski definition) is 8. The lowest BCUT2D eigenvalue weighted by Crippen LogP contribution is -2.19. The molecule has 0 unspecified atom stereocenters. The van der Waals surface area contributed by atoms with E-state index in [2.05, 4.69) is 105 Å². The number of nitrogens with one attached hydrogen (secondary N) is 8. The van der Waals surface area contributed by atoms with Gasteiger partial charge < -0.3 is 61.5 Å². The molecule has 0 aliphatic rings. The predicted molar refractivity (Wildman–Crippen MR) is 444 cm³/mol. The lowest BCUT2D eigenvalue weighted by atomic mass is 10.00. The number of amides is 8. The van der Waals surface area contributed by atoms with Crippen molar-refractivity contribution in [2.75, 3.05) is 42.5 Å². The lowest BCUT2D eigenvalue weighted by molar-refractivity contribution is -0.144. The minimum Gasteiger partial charge on any atom is -0.439 e. The molecule has 0 saturated carbocycles. The summed E-state index contributed by atoms with van der Waals surface area (Å²) in [6.45, 7) is 5.39. The van der Waals surface area contributed by atoms with E-state index in [1.807, 2.05) is 24.3 Å². The first kappa shape index (κ1) is 95.1. The van der Waals surface area contributed by atoms with Crippen molar-refractivity contribution in [3.8, 4) is 46.5 Å². The molecule has 0 aliphatic heterocycles. The van der Waals surface area contributed by atoms with E-state index in [0.29, 0.717) is 64.6 Å². The molecule has 42 heteroatoms. The fourth-order valence-electron chi connectivity index (χ4n) is 10.7. The summed E-state index contributed by atoms with van der Waals surface area (Å²) in [6, 6.07) is 47.5. The van der Waals surface area contributed by atoms with Crippen molar-refractivity contribution in [3.05, 3.63) is 285 Å². The van der Waals surface area contributed by atoms with E-state index in [1.54, 1.807) is 48.5 Å². The van der Waals surface area contributed by atoms with Gasteiger partial charge in [0.25, 0.3) is 0 Å². The average Bonchev–Trinajstić information content (AvgIpc) is 0.789. The van der Waals surface area contributed by atoms with Crippen molar-refractivity contribution < 1.29 is 110 Å². The minimum absolute atomic E-state index is 0.0147. The van der Waals surface area contributed by atoms with Crippen molar-refractivity contribution in [2.24, 2.45) is 0 Å². The van der Waals surface area contributed by atoms with E-state index >= 15 is 0 Å². The van der Waals surface area contributed by atoms with Crippen molar-refractivity contribution in [1.29, 1.82) is 0 Å². The van der Waals surface area contributed by atoms with Gasteiger partial charge in [0.1, 0.15) is 71.6 Å². The smallest absolute Gasteiger partial charge is 0.416 e. The summed E-state index contributed by atoms with van der Waals surface area (Å²) in [7, 11) is 0. The van der Waals surface area contributed by atoms with Crippen LogP contribution in [0, 0.1) is 3.57 Å². The number of hydrogen-bond acceptors (Lipinski definition) is 20. The number of anilines is 8. The van der Waals surface area contributed by atoms with Crippen molar-refractivity contribution in [3.63, 3.8) is 0 Å². The van der Waals surface area contributed by atoms with Crippen LogP contribution in [0.2, 0.25) is 5.02 Å². The van der Waals surface area contributed by atoms with Crippen LogP contribution in [0.5, 0.6) is 46.5 Å². The number of benzene rings is 8. The molecule has 28 nitrogen and oxygen atoms in total. The molecule has 8 N–H and O–H groups in total. The lowest BCUT2D eigenvalue weighted by Gasteiger charge is -2.16. The summed E-state index contributed by atoms with van der Waals surface area (Å²) < 4.78 is 179. The zero-order chi connectivity index (χ0) is 91.5. The van der Waals surface area contributed by atoms with E-state index in [4.69, 9.17) is 30.5 Å². The number of aromatic nitrogens is 8. The predicted octanol–water partition coefficient (Wildman–Crippen LogP) is 19.0. The van der Waals surface area contributed by atoms with E-state index in [9.17, 15) is 91.0 Å². The van der Waals surface area contributed by atoms with Gasteiger partial charge in [0, 0.05) is 83.3 Å². The van der Waals surface area contributed by atoms with Gasteiger partial charge in [0.2, 0.25) is 70.8 Å². The Morgan fingerprint density at radius 2 is 0.635 bits per heavy atom. The second kappa shape index (κ2) is 43.8. The quantitative estimate of drug-likeness (QED) is 0.0206. The van der Waals surface area contributed by atoms with Gasteiger partial charge in [-0.05, 0) is 184 Å². The molecule has 0 bridgehead atoms. The first-order chi connectivity index (χ1) is 59.6. The van der Waals surface area contributed by atoms with Gasteiger partial charge in [-0.2, -0.15) is 52.7 Å². The number of halogens is 14. The molecule has 8 amide bonds. The molecule has 12 rings (SSSR count). The van der Waals surface area contributed by atoms with E-state index < -0.39 is 83.1 Å².